The Morgan fingerprint density at radius 3 is 2.76 bits per heavy atom. The average Bonchev–Trinajstić information content (AvgIpc) is 3.11. The van der Waals surface area contributed by atoms with Crippen LogP contribution >= 0.6 is 0 Å². The second kappa shape index (κ2) is 5.43. The number of benzene rings is 1. The quantitative estimate of drug-likeness (QED) is 0.740. The molecule has 7 heteroatoms. The van der Waals surface area contributed by atoms with Crippen LogP contribution in [0.1, 0.15) is 17.7 Å². The Morgan fingerprint density at radius 1 is 1.19 bits per heavy atom. The summed E-state index contributed by atoms with van der Waals surface area (Å²) in [5.74, 6) is -0.910. The lowest BCUT2D eigenvalue weighted by Gasteiger charge is -2.06. The summed E-state index contributed by atoms with van der Waals surface area (Å²) < 4.78 is 42.1. The minimum Gasteiger partial charge on any atom is -0.331 e. The van der Waals surface area contributed by atoms with Crippen molar-refractivity contribution in [2.45, 2.75) is 13.0 Å². The maximum absolute atomic E-state index is 13.3. The van der Waals surface area contributed by atoms with Gasteiger partial charge in [-0.1, -0.05) is 0 Å². The zero-order valence-corrected chi connectivity index (χ0v) is 10.8. The molecule has 0 bridgehead atoms. The van der Waals surface area contributed by atoms with Crippen LogP contribution in [0.4, 0.5) is 13.2 Å². The molecule has 0 saturated carbocycles. The Morgan fingerprint density at radius 2 is 2.05 bits per heavy atom. The van der Waals surface area contributed by atoms with E-state index in [9.17, 15) is 13.2 Å². The van der Waals surface area contributed by atoms with E-state index in [4.69, 9.17) is 0 Å². The second-order valence-corrected chi connectivity index (χ2v) is 4.51. The van der Waals surface area contributed by atoms with Crippen molar-refractivity contribution < 1.29 is 13.2 Å². The molecular weight excluding hydrogens is 281 g/mol. The van der Waals surface area contributed by atoms with Gasteiger partial charge in [-0.25, -0.2) is 23.1 Å². The Labute approximate surface area is 118 Å². The van der Waals surface area contributed by atoms with Crippen LogP contribution in [0.2, 0.25) is 0 Å². The van der Waals surface area contributed by atoms with E-state index >= 15 is 0 Å². The lowest BCUT2D eigenvalue weighted by molar-refractivity contribution is 0.146. The Hall–Kier alpha value is -2.57. The third-order valence-electron chi connectivity index (χ3n) is 3.05. The van der Waals surface area contributed by atoms with Crippen molar-refractivity contribution in [3.8, 4) is 5.69 Å². The summed E-state index contributed by atoms with van der Waals surface area (Å²) >= 11 is 0. The van der Waals surface area contributed by atoms with Crippen molar-refractivity contribution in [1.82, 2.24) is 19.1 Å². The zero-order valence-electron chi connectivity index (χ0n) is 10.8. The molecule has 0 fully saturated rings. The average molecular weight is 292 g/mol. The van der Waals surface area contributed by atoms with E-state index in [1.54, 1.807) is 29.5 Å². The van der Waals surface area contributed by atoms with Gasteiger partial charge in [0.2, 0.25) is 0 Å². The highest BCUT2D eigenvalue weighted by Crippen LogP contribution is 2.24. The van der Waals surface area contributed by atoms with Crippen LogP contribution in [0.25, 0.3) is 5.69 Å². The second-order valence-electron chi connectivity index (χ2n) is 4.51. The molecule has 2 heterocycles. The van der Waals surface area contributed by atoms with E-state index in [0.717, 1.165) is 17.8 Å². The summed E-state index contributed by atoms with van der Waals surface area (Å²) in [6.07, 6.45) is 5.49. The third-order valence-corrected chi connectivity index (χ3v) is 3.05. The first kappa shape index (κ1) is 13.4. The van der Waals surface area contributed by atoms with E-state index in [-0.39, 0.29) is 0 Å². The van der Waals surface area contributed by atoms with Crippen molar-refractivity contribution >= 4 is 0 Å². The van der Waals surface area contributed by atoms with Crippen molar-refractivity contribution in [3.05, 3.63) is 66.5 Å². The van der Waals surface area contributed by atoms with Gasteiger partial charge in [0.25, 0.3) is 6.43 Å². The standard InChI is InChI=1S/C14H11F3N4/c15-13-2-1-11(5-12(13)14(16)17)21-7-10(19-9-21)6-20-4-3-18-8-20/h1-5,7-9,14H,6H2. The molecule has 0 amide bonds. The minimum absolute atomic E-state index is 0.441. The summed E-state index contributed by atoms with van der Waals surface area (Å²) in [5.41, 5.74) is 0.573. The van der Waals surface area contributed by atoms with E-state index in [1.807, 2.05) is 4.57 Å². The fourth-order valence-corrected chi connectivity index (χ4v) is 2.01. The molecule has 0 aliphatic rings. The SMILES string of the molecule is Fc1ccc(-n2cnc(Cn3ccnc3)c2)cc1C(F)F. The summed E-state index contributed by atoms with van der Waals surface area (Å²) in [7, 11) is 0. The molecule has 3 rings (SSSR count). The fraction of sp³-hybridized carbons (Fsp3) is 0.143. The van der Waals surface area contributed by atoms with Gasteiger partial charge in [-0.3, -0.25) is 0 Å². The highest BCUT2D eigenvalue weighted by molar-refractivity contribution is 5.37. The minimum atomic E-state index is -2.85. The molecule has 4 nitrogen and oxygen atoms in total. The maximum atomic E-state index is 13.3. The van der Waals surface area contributed by atoms with Crippen LogP contribution in [-0.4, -0.2) is 19.1 Å². The fourth-order valence-electron chi connectivity index (χ4n) is 2.01. The topological polar surface area (TPSA) is 35.6 Å². The normalized spacial score (nSPS) is 11.2. The summed E-state index contributed by atoms with van der Waals surface area (Å²) in [6, 6.07) is 3.60. The number of hydrogen-bond acceptors (Lipinski definition) is 2. The van der Waals surface area contributed by atoms with Gasteiger partial charge < -0.3 is 9.13 Å². The highest BCUT2D eigenvalue weighted by atomic mass is 19.3. The van der Waals surface area contributed by atoms with Gasteiger partial charge in [0.1, 0.15) is 5.82 Å². The molecule has 0 aliphatic carbocycles. The monoisotopic (exact) mass is 292 g/mol. The number of halogens is 3. The molecule has 0 unspecified atom stereocenters. The summed E-state index contributed by atoms with van der Waals surface area (Å²) in [4.78, 5) is 8.12. The molecule has 108 valence electrons. The molecule has 0 radical (unpaired) electrons. The Kier molecular flexibility index (Phi) is 3.47. The maximum Gasteiger partial charge on any atom is 0.266 e. The lowest BCUT2D eigenvalue weighted by atomic mass is 10.2. The largest absolute Gasteiger partial charge is 0.331 e. The number of alkyl halides is 2. The van der Waals surface area contributed by atoms with Gasteiger partial charge >= 0.3 is 0 Å². The van der Waals surface area contributed by atoms with Gasteiger partial charge in [0.05, 0.1) is 30.5 Å². The van der Waals surface area contributed by atoms with Crippen molar-refractivity contribution in [1.29, 1.82) is 0 Å². The molecule has 0 saturated heterocycles. The molecule has 2 aromatic heterocycles. The number of nitrogens with zero attached hydrogens (tertiary/aromatic N) is 4. The van der Waals surface area contributed by atoms with E-state index in [1.165, 1.54) is 12.4 Å². The van der Waals surface area contributed by atoms with Crippen LogP contribution < -0.4 is 0 Å². The summed E-state index contributed by atoms with van der Waals surface area (Å²) in [5, 5.41) is 0. The number of aromatic nitrogens is 4. The van der Waals surface area contributed by atoms with Crippen LogP contribution in [0.5, 0.6) is 0 Å². The van der Waals surface area contributed by atoms with Gasteiger partial charge in [0.15, 0.2) is 0 Å². The number of hydrogen-bond donors (Lipinski definition) is 0. The Balaban J connectivity index is 1.87. The predicted molar refractivity (Wildman–Crippen MR) is 69.8 cm³/mol. The van der Waals surface area contributed by atoms with Crippen molar-refractivity contribution in [3.63, 3.8) is 0 Å². The number of rotatable bonds is 4. The van der Waals surface area contributed by atoms with Crippen molar-refractivity contribution in [2.75, 3.05) is 0 Å². The first-order valence-corrected chi connectivity index (χ1v) is 6.20. The first-order valence-electron chi connectivity index (χ1n) is 6.20. The predicted octanol–water partition coefficient (Wildman–Crippen LogP) is 3.19. The summed E-state index contributed by atoms with van der Waals surface area (Å²) in [6.45, 7) is 0.524. The van der Waals surface area contributed by atoms with Crippen molar-refractivity contribution in [2.24, 2.45) is 0 Å². The molecule has 0 spiro atoms. The molecule has 0 N–H and O–H groups in total. The molecule has 21 heavy (non-hydrogen) atoms. The smallest absolute Gasteiger partial charge is 0.266 e. The third kappa shape index (κ3) is 2.81. The first-order chi connectivity index (χ1) is 10.1. The van der Waals surface area contributed by atoms with E-state index in [0.29, 0.717) is 12.2 Å². The highest BCUT2D eigenvalue weighted by Gasteiger charge is 2.14. The van der Waals surface area contributed by atoms with E-state index in [2.05, 4.69) is 9.97 Å². The van der Waals surface area contributed by atoms with Crippen LogP contribution in [0, 0.1) is 5.82 Å². The van der Waals surface area contributed by atoms with Gasteiger partial charge in [-0.05, 0) is 18.2 Å². The van der Waals surface area contributed by atoms with Crippen LogP contribution in [0.15, 0.2) is 49.4 Å². The van der Waals surface area contributed by atoms with Gasteiger partial charge in [-0.2, -0.15) is 0 Å². The van der Waals surface area contributed by atoms with Crippen LogP contribution in [0.3, 0.4) is 0 Å². The zero-order chi connectivity index (χ0) is 14.8. The molecule has 0 atom stereocenters. The van der Waals surface area contributed by atoms with E-state index < -0.39 is 17.8 Å². The van der Waals surface area contributed by atoms with Gasteiger partial charge in [0, 0.05) is 24.3 Å². The number of imidazole rings is 2. The van der Waals surface area contributed by atoms with Gasteiger partial charge in [-0.15, -0.1) is 0 Å². The van der Waals surface area contributed by atoms with Crippen LogP contribution in [-0.2, 0) is 6.54 Å². The molecule has 3 aromatic rings. The molecular formula is C14H11F3N4. The molecule has 0 aliphatic heterocycles. The lowest BCUT2D eigenvalue weighted by Crippen LogP contribution is -1.97. The molecule has 1 aromatic carbocycles. The Bertz CT molecular complexity index is 735.